The van der Waals surface area contributed by atoms with Crippen LogP contribution in [0.5, 0.6) is 0 Å². The molecule has 3 rings (SSSR count). The summed E-state index contributed by atoms with van der Waals surface area (Å²) in [5, 5.41) is 6.84. The first-order chi connectivity index (χ1) is 10.6. The number of hydrogen-bond acceptors (Lipinski definition) is 4. The average Bonchev–Trinajstić information content (AvgIpc) is 3.13. The fraction of sp³-hybridized carbons (Fsp3) is 0.412. The molecule has 1 amide bonds. The maximum Gasteiger partial charge on any atom is 0.256 e. The van der Waals surface area contributed by atoms with E-state index in [0.717, 1.165) is 19.5 Å². The van der Waals surface area contributed by atoms with Crippen molar-refractivity contribution in [1.29, 1.82) is 0 Å². The van der Waals surface area contributed by atoms with Crippen molar-refractivity contribution in [3.8, 4) is 0 Å². The molecule has 1 aromatic heterocycles. The monoisotopic (exact) mass is 299 g/mol. The molecule has 1 atom stereocenters. The van der Waals surface area contributed by atoms with E-state index in [2.05, 4.69) is 39.6 Å². The molecule has 2 aromatic rings. The Morgan fingerprint density at radius 3 is 2.82 bits per heavy atom. The molecule has 0 spiro atoms. The van der Waals surface area contributed by atoms with E-state index in [1.165, 1.54) is 5.69 Å². The van der Waals surface area contributed by atoms with Crippen molar-refractivity contribution < 1.29 is 9.32 Å². The molecule has 0 aliphatic carbocycles. The summed E-state index contributed by atoms with van der Waals surface area (Å²) in [6.45, 7) is 6.26. The van der Waals surface area contributed by atoms with Crippen molar-refractivity contribution in [3.63, 3.8) is 0 Å². The van der Waals surface area contributed by atoms with Crippen molar-refractivity contribution in [3.05, 3.63) is 47.3 Å². The number of nitrogens with zero attached hydrogens (tertiary/aromatic N) is 2. The Morgan fingerprint density at radius 2 is 2.14 bits per heavy atom. The summed E-state index contributed by atoms with van der Waals surface area (Å²) in [6.07, 6.45) is 1.09. The molecular weight excluding hydrogens is 278 g/mol. The van der Waals surface area contributed by atoms with Crippen LogP contribution in [-0.4, -0.2) is 30.7 Å². The average molecular weight is 299 g/mol. The van der Waals surface area contributed by atoms with E-state index in [1.54, 1.807) is 13.8 Å². The number of aromatic nitrogens is 1. The zero-order valence-electron chi connectivity index (χ0n) is 13.0. The van der Waals surface area contributed by atoms with Crippen LogP contribution in [0.1, 0.15) is 28.2 Å². The van der Waals surface area contributed by atoms with Crippen molar-refractivity contribution >= 4 is 11.6 Å². The minimum absolute atomic E-state index is 0.0885. The zero-order chi connectivity index (χ0) is 15.5. The number of amides is 1. The first kappa shape index (κ1) is 14.6. The van der Waals surface area contributed by atoms with Crippen molar-refractivity contribution in [2.75, 3.05) is 24.5 Å². The Kier molecular flexibility index (Phi) is 4.13. The number of carbonyl (C=O) groups excluding carboxylic acids is 1. The van der Waals surface area contributed by atoms with Gasteiger partial charge in [0.15, 0.2) is 0 Å². The second-order valence-electron chi connectivity index (χ2n) is 5.85. The zero-order valence-corrected chi connectivity index (χ0v) is 13.0. The lowest BCUT2D eigenvalue weighted by atomic mass is 10.1. The minimum atomic E-state index is -0.0885. The number of nitrogens with one attached hydrogen (secondary N) is 1. The number of carbonyl (C=O) groups is 1. The Balaban J connectivity index is 1.54. The summed E-state index contributed by atoms with van der Waals surface area (Å²) in [5.74, 6) is 0.964. The van der Waals surface area contributed by atoms with Crippen LogP contribution in [0.3, 0.4) is 0 Å². The number of rotatable bonds is 4. The van der Waals surface area contributed by atoms with E-state index in [1.807, 2.05) is 6.07 Å². The van der Waals surface area contributed by atoms with E-state index in [-0.39, 0.29) is 5.91 Å². The van der Waals surface area contributed by atoms with Crippen LogP contribution in [-0.2, 0) is 0 Å². The maximum atomic E-state index is 12.2. The Labute approximate surface area is 130 Å². The van der Waals surface area contributed by atoms with Gasteiger partial charge in [-0.2, -0.15) is 0 Å². The smallest absolute Gasteiger partial charge is 0.256 e. The van der Waals surface area contributed by atoms with Crippen LogP contribution < -0.4 is 10.2 Å². The molecule has 116 valence electrons. The molecule has 5 nitrogen and oxygen atoms in total. The van der Waals surface area contributed by atoms with Crippen molar-refractivity contribution in [1.82, 2.24) is 10.5 Å². The van der Waals surface area contributed by atoms with Gasteiger partial charge in [0.1, 0.15) is 11.3 Å². The maximum absolute atomic E-state index is 12.2. The third-order valence-electron chi connectivity index (χ3n) is 4.22. The third-order valence-corrected chi connectivity index (χ3v) is 4.22. The minimum Gasteiger partial charge on any atom is -0.371 e. The van der Waals surface area contributed by atoms with Gasteiger partial charge in [-0.15, -0.1) is 0 Å². The van der Waals surface area contributed by atoms with Gasteiger partial charge in [0.2, 0.25) is 0 Å². The fourth-order valence-electron chi connectivity index (χ4n) is 3.01. The number of aryl methyl sites for hydroxylation is 2. The fourth-order valence-corrected chi connectivity index (χ4v) is 3.01. The second-order valence-corrected chi connectivity index (χ2v) is 5.85. The van der Waals surface area contributed by atoms with Gasteiger partial charge < -0.3 is 14.7 Å². The van der Waals surface area contributed by atoms with E-state index in [4.69, 9.17) is 4.52 Å². The Bertz CT molecular complexity index is 632. The first-order valence-corrected chi connectivity index (χ1v) is 7.66. The van der Waals surface area contributed by atoms with Gasteiger partial charge in [0, 0.05) is 25.3 Å². The van der Waals surface area contributed by atoms with Crippen molar-refractivity contribution in [2.24, 2.45) is 5.92 Å². The van der Waals surface area contributed by atoms with Crippen LogP contribution in [0.15, 0.2) is 34.9 Å². The van der Waals surface area contributed by atoms with E-state index >= 15 is 0 Å². The molecule has 0 saturated carbocycles. The normalized spacial score (nSPS) is 17.7. The summed E-state index contributed by atoms with van der Waals surface area (Å²) in [4.78, 5) is 14.6. The molecule has 0 radical (unpaired) electrons. The molecular formula is C17H21N3O2. The third kappa shape index (κ3) is 2.98. The molecule has 1 fully saturated rings. The standard InChI is InChI=1S/C17H21N3O2/c1-12-16(13(2)22-19-12)17(21)18-10-14-8-9-20(11-14)15-6-4-3-5-7-15/h3-7,14H,8-11H2,1-2H3,(H,18,21). The number of para-hydroxylation sites is 1. The van der Waals surface area contributed by atoms with E-state index in [0.29, 0.717) is 29.5 Å². The van der Waals surface area contributed by atoms with Gasteiger partial charge in [-0.05, 0) is 38.3 Å². The Hall–Kier alpha value is -2.30. The second kappa shape index (κ2) is 6.22. The van der Waals surface area contributed by atoms with Gasteiger partial charge in [0.25, 0.3) is 5.91 Å². The topological polar surface area (TPSA) is 58.4 Å². The van der Waals surface area contributed by atoms with Gasteiger partial charge in [0.05, 0.1) is 5.69 Å². The molecule has 22 heavy (non-hydrogen) atoms. The van der Waals surface area contributed by atoms with Crippen molar-refractivity contribution in [2.45, 2.75) is 20.3 Å². The van der Waals surface area contributed by atoms with Crippen LogP contribution >= 0.6 is 0 Å². The van der Waals surface area contributed by atoms with Crippen LogP contribution in [0.2, 0.25) is 0 Å². The molecule has 1 aliphatic heterocycles. The highest BCUT2D eigenvalue weighted by atomic mass is 16.5. The summed E-state index contributed by atoms with van der Waals surface area (Å²) < 4.78 is 5.04. The summed E-state index contributed by atoms with van der Waals surface area (Å²) >= 11 is 0. The first-order valence-electron chi connectivity index (χ1n) is 7.66. The largest absolute Gasteiger partial charge is 0.371 e. The van der Waals surface area contributed by atoms with Gasteiger partial charge in [-0.3, -0.25) is 4.79 Å². The van der Waals surface area contributed by atoms with E-state index < -0.39 is 0 Å². The lowest BCUT2D eigenvalue weighted by molar-refractivity contribution is 0.0946. The predicted octanol–water partition coefficient (Wildman–Crippen LogP) is 2.55. The molecule has 1 saturated heterocycles. The number of anilines is 1. The van der Waals surface area contributed by atoms with Crippen LogP contribution in [0, 0.1) is 19.8 Å². The van der Waals surface area contributed by atoms with Gasteiger partial charge in [-0.1, -0.05) is 23.4 Å². The molecule has 1 aromatic carbocycles. The number of benzene rings is 1. The van der Waals surface area contributed by atoms with E-state index in [9.17, 15) is 4.79 Å². The summed E-state index contributed by atoms with van der Waals surface area (Å²) in [7, 11) is 0. The molecule has 1 N–H and O–H groups in total. The van der Waals surface area contributed by atoms with Crippen LogP contribution in [0.4, 0.5) is 5.69 Å². The lowest BCUT2D eigenvalue weighted by Gasteiger charge is -2.18. The lowest BCUT2D eigenvalue weighted by Crippen LogP contribution is -2.31. The molecule has 1 aliphatic rings. The molecule has 0 bridgehead atoms. The highest BCUT2D eigenvalue weighted by molar-refractivity contribution is 5.96. The van der Waals surface area contributed by atoms with Gasteiger partial charge in [-0.25, -0.2) is 0 Å². The summed E-state index contributed by atoms with van der Waals surface area (Å²) in [5.41, 5.74) is 2.47. The van der Waals surface area contributed by atoms with Crippen LogP contribution in [0.25, 0.3) is 0 Å². The highest BCUT2D eigenvalue weighted by Crippen LogP contribution is 2.23. The molecule has 5 heteroatoms. The van der Waals surface area contributed by atoms with Gasteiger partial charge >= 0.3 is 0 Å². The predicted molar refractivity (Wildman–Crippen MR) is 85.1 cm³/mol. The summed E-state index contributed by atoms with van der Waals surface area (Å²) in [6, 6.07) is 10.4. The Morgan fingerprint density at radius 1 is 1.36 bits per heavy atom. The molecule has 2 heterocycles. The quantitative estimate of drug-likeness (QED) is 0.942. The SMILES string of the molecule is Cc1noc(C)c1C(=O)NCC1CCN(c2ccccc2)C1. The highest BCUT2D eigenvalue weighted by Gasteiger charge is 2.24. The molecule has 1 unspecified atom stereocenters. The number of hydrogen-bond donors (Lipinski definition) is 1.